The van der Waals surface area contributed by atoms with Crippen molar-refractivity contribution in [2.24, 2.45) is 11.1 Å². The first-order valence-corrected chi connectivity index (χ1v) is 10.1. The number of halogens is 1. The molecule has 2 atom stereocenters. The van der Waals surface area contributed by atoms with Crippen molar-refractivity contribution in [1.82, 2.24) is 0 Å². The van der Waals surface area contributed by atoms with Crippen LogP contribution in [-0.2, 0) is 20.7 Å². The van der Waals surface area contributed by atoms with Crippen molar-refractivity contribution in [3.8, 4) is 11.1 Å². The lowest BCUT2D eigenvalue weighted by atomic mass is 9.82. The predicted molar refractivity (Wildman–Crippen MR) is 114 cm³/mol. The second-order valence-electron chi connectivity index (χ2n) is 7.29. The third-order valence-electron chi connectivity index (χ3n) is 4.72. The Morgan fingerprint density at radius 1 is 1.11 bits per heavy atom. The van der Waals surface area contributed by atoms with Crippen LogP contribution in [0.25, 0.3) is 11.1 Å². The lowest BCUT2D eigenvalue weighted by Gasteiger charge is -2.29. The van der Waals surface area contributed by atoms with Crippen molar-refractivity contribution >= 4 is 17.6 Å². The zero-order valence-electron chi connectivity index (χ0n) is 16.9. The Morgan fingerprint density at radius 2 is 1.82 bits per heavy atom. The van der Waals surface area contributed by atoms with Gasteiger partial charge in [-0.2, -0.15) is 0 Å². The average Bonchev–Trinajstić information content (AvgIpc) is 2.67. The fraction of sp³-hybridized carbons (Fsp3) is 0.435. The minimum absolute atomic E-state index is 0.174. The molecule has 0 aliphatic heterocycles. The number of carbonyl (C=O) groups excluding carboxylic acids is 1. The minimum atomic E-state index is -0.744. The number of esters is 1. The van der Waals surface area contributed by atoms with Crippen LogP contribution in [0.1, 0.15) is 32.8 Å². The lowest BCUT2D eigenvalue weighted by molar-refractivity contribution is -0.159. The van der Waals surface area contributed by atoms with E-state index >= 15 is 0 Å². The highest BCUT2D eigenvalue weighted by Gasteiger charge is 2.36. The maximum absolute atomic E-state index is 12.4. The number of hydrogen-bond donors (Lipinski definition) is 1. The molecule has 0 aromatic heterocycles. The van der Waals surface area contributed by atoms with E-state index in [0.29, 0.717) is 32.7 Å². The molecule has 0 aliphatic rings. The summed E-state index contributed by atoms with van der Waals surface area (Å²) in [5, 5.41) is 0.719. The molecule has 0 bridgehead atoms. The normalized spacial score (nSPS) is 14.3. The van der Waals surface area contributed by atoms with Gasteiger partial charge in [0.1, 0.15) is 0 Å². The molecular formula is C23H30ClNO3. The molecular weight excluding hydrogens is 374 g/mol. The van der Waals surface area contributed by atoms with Crippen molar-refractivity contribution in [1.29, 1.82) is 0 Å². The van der Waals surface area contributed by atoms with Gasteiger partial charge in [0.05, 0.1) is 18.6 Å². The van der Waals surface area contributed by atoms with Gasteiger partial charge in [0.15, 0.2) is 0 Å². The first kappa shape index (κ1) is 22.4. The van der Waals surface area contributed by atoms with Gasteiger partial charge in [0, 0.05) is 17.7 Å². The molecule has 0 fully saturated rings. The van der Waals surface area contributed by atoms with E-state index in [0.717, 1.165) is 21.7 Å². The predicted octanol–water partition coefficient (Wildman–Crippen LogP) is 4.87. The summed E-state index contributed by atoms with van der Waals surface area (Å²) >= 11 is 6.08. The summed E-state index contributed by atoms with van der Waals surface area (Å²) in [4.78, 5) is 12.4. The monoisotopic (exact) mass is 403 g/mol. The third-order valence-corrected chi connectivity index (χ3v) is 4.95. The summed E-state index contributed by atoms with van der Waals surface area (Å²) in [6, 6.07) is 15.9. The molecule has 0 saturated carbocycles. The average molecular weight is 404 g/mol. The Kier molecular flexibility index (Phi) is 8.49. The molecule has 0 heterocycles. The van der Waals surface area contributed by atoms with Crippen LogP contribution in [0.4, 0.5) is 0 Å². The van der Waals surface area contributed by atoms with E-state index in [1.807, 2.05) is 38.1 Å². The molecule has 152 valence electrons. The molecule has 0 amide bonds. The molecule has 2 N–H and O–H groups in total. The highest BCUT2D eigenvalue weighted by molar-refractivity contribution is 6.30. The summed E-state index contributed by atoms with van der Waals surface area (Å²) < 4.78 is 10.8. The zero-order chi connectivity index (χ0) is 20.6. The van der Waals surface area contributed by atoms with Crippen molar-refractivity contribution in [2.45, 2.75) is 39.7 Å². The van der Waals surface area contributed by atoms with E-state index in [1.165, 1.54) is 0 Å². The Labute approximate surface area is 173 Å². The van der Waals surface area contributed by atoms with Gasteiger partial charge in [-0.1, -0.05) is 48.0 Å². The Balaban J connectivity index is 2.04. The zero-order valence-corrected chi connectivity index (χ0v) is 17.7. The van der Waals surface area contributed by atoms with Crippen molar-refractivity contribution < 1.29 is 14.3 Å². The second-order valence-corrected chi connectivity index (χ2v) is 7.73. The Morgan fingerprint density at radius 3 is 2.43 bits per heavy atom. The number of benzene rings is 2. The summed E-state index contributed by atoms with van der Waals surface area (Å²) in [5.74, 6) is -0.254. The van der Waals surface area contributed by atoms with Crippen LogP contribution in [0.15, 0.2) is 48.5 Å². The minimum Gasteiger partial charge on any atom is -0.466 e. The van der Waals surface area contributed by atoms with Gasteiger partial charge >= 0.3 is 5.97 Å². The van der Waals surface area contributed by atoms with E-state index in [2.05, 4.69) is 24.3 Å². The van der Waals surface area contributed by atoms with Crippen LogP contribution in [0.3, 0.4) is 0 Å². The van der Waals surface area contributed by atoms with E-state index in [1.54, 1.807) is 6.92 Å². The molecule has 0 spiro atoms. The molecule has 0 radical (unpaired) electrons. The van der Waals surface area contributed by atoms with Gasteiger partial charge in [0.2, 0.25) is 0 Å². The first-order valence-electron chi connectivity index (χ1n) is 9.73. The van der Waals surface area contributed by atoms with Crippen LogP contribution >= 0.6 is 11.6 Å². The molecule has 2 rings (SSSR count). The summed E-state index contributed by atoms with van der Waals surface area (Å²) in [5.41, 5.74) is 8.95. The molecule has 0 saturated heterocycles. The molecule has 4 nitrogen and oxygen atoms in total. The third kappa shape index (κ3) is 6.33. The molecule has 0 aliphatic carbocycles. The molecule has 0 unspecified atom stereocenters. The fourth-order valence-electron chi connectivity index (χ4n) is 3.29. The van der Waals surface area contributed by atoms with Gasteiger partial charge in [-0.3, -0.25) is 4.79 Å². The van der Waals surface area contributed by atoms with Gasteiger partial charge < -0.3 is 15.2 Å². The SMILES string of the molecule is CCOC[C@](C)(C[C@H](N)Cc1ccc(-c2cccc(Cl)c2)cc1)C(=O)OCC. The van der Waals surface area contributed by atoms with Crippen molar-refractivity contribution in [3.05, 3.63) is 59.1 Å². The maximum Gasteiger partial charge on any atom is 0.314 e. The molecule has 28 heavy (non-hydrogen) atoms. The largest absolute Gasteiger partial charge is 0.466 e. The highest BCUT2D eigenvalue weighted by atomic mass is 35.5. The Bertz CT molecular complexity index is 763. The number of carbonyl (C=O) groups is 1. The van der Waals surface area contributed by atoms with Gasteiger partial charge in [0.25, 0.3) is 0 Å². The van der Waals surface area contributed by atoms with Crippen LogP contribution in [0.2, 0.25) is 5.02 Å². The van der Waals surface area contributed by atoms with Crippen LogP contribution in [0, 0.1) is 5.41 Å². The second kappa shape index (κ2) is 10.6. The number of nitrogens with two attached hydrogens (primary N) is 1. The molecule has 2 aromatic carbocycles. The highest BCUT2D eigenvalue weighted by Crippen LogP contribution is 2.28. The fourth-order valence-corrected chi connectivity index (χ4v) is 3.48. The number of ether oxygens (including phenoxy) is 2. The van der Waals surface area contributed by atoms with Gasteiger partial charge in [-0.15, -0.1) is 0 Å². The van der Waals surface area contributed by atoms with Crippen LogP contribution < -0.4 is 5.73 Å². The number of hydrogen-bond acceptors (Lipinski definition) is 4. The smallest absolute Gasteiger partial charge is 0.314 e. The van der Waals surface area contributed by atoms with Crippen molar-refractivity contribution in [2.75, 3.05) is 19.8 Å². The standard InChI is InChI=1S/C23H30ClNO3/c1-4-27-16-23(3,22(26)28-5-2)15-21(25)13-17-9-11-18(12-10-17)19-7-6-8-20(24)14-19/h6-12,14,21H,4-5,13,15-16,25H2,1-3H3/t21-,23+/m1/s1. The molecule has 5 heteroatoms. The van der Waals surface area contributed by atoms with E-state index in [9.17, 15) is 4.79 Å². The van der Waals surface area contributed by atoms with E-state index in [-0.39, 0.29) is 12.0 Å². The topological polar surface area (TPSA) is 61.5 Å². The van der Waals surface area contributed by atoms with E-state index in [4.69, 9.17) is 26.8 Å². The summed E-state index contributed by atoms with van der Waals surface area (Å²) in [6.07, 6.45) is 1.18. The maximum atomic E-state index is 12.4. The van der Waals surface area contributed by atoms with E-state index < -0.39 is 5.41 Å². The van der Waals surface area contributed by atoms with Crippen LogP contribution in [0.5, 0.6) is 0 Å². The molecule has 2 aromatic rings. The summed E-state index contributed by atoms with van der Waals surface area (Å²) in [6.45, 7) is 6.79. The quantitative estimate of drug-likeness (QED) is 0.574. The lowest BCUT2D eigenvalue weighted by Crippen LogP contribution is -2.41. The van der Waals surface area contributed by atoms with Crippen LogP contribution in [-0.4, -0.2) is 31.8 Å². The summed E-state index contributed by atoms with van der Waals surface area (Å²) in [7, 11) is 0. The van der Waals surface area contributed by atoms with Gasteiger partial charge in [-0.05, 0) is 62.4 Å². The van der Waals surface area contributed by atoms with Crippen molar-refractivity contribution in [3.63, 3.8) is 0 Å². The first-order chi connectivity index (χ1) is 13.4. The number of rotatable bonds is 10. The Hall–Kier alpha value is -1.88. The van der Waals surface area contributed by atoms with Gasteiger partial charge in [-0.25, -0.2) is 0 Å².